The van der Waals surface area contributed by atoms with Crippen molar-refractivity contribution >= 4 is 69.0 Å². The fourth-order valence-corrected chi connectivity index (χ4v) is 8.23. The van der Waals surface area contributed by atoms with Crippen LogP contribution in [0.5, 0.6) is 11.5 Å². The van der Waals surface area contributed by atoms with Gasteiger partial charge >= 0.3 is 0 Å². The molecule has 0 fully saturated rings. The van der Waals surface area contributed by atoms with Gasteiger partial charge < -0.3 is 24.3 Å². The van der Waals surface area contributed by atoms with E-state index in [1.807, 2.05) is 105 Å². The van der Waals surface area contributed by atoms with E-state index >= 15 is 0 Å². The van der Waals surface area contributed by atoms with E-state index in [1.165, 1.54) is 66.8 Å². The summed E-state index contributed by atoms with van der Waals surface area (Å²) in [5, 5.41) is 0. The van der Waals surface area contributed by atoms with Crippen LogP contribution in [-0.2, 0) is 0 Å². The van der Waals surface area contributed by atoms with Gasteiger partial charge in [0.15, 0.2) is 46.3 Å². The molecule has 0 bridgehead atoms. The van der Waals surface area contributed by atoms with Crippen molar-refractivity contribution in [1.82, 2.24) is 0 Å². The monoisotopic (exact) mass is 1130 g/mol. The summed E-state index contributed by atoms with van der Waals surface area (Å²) in [6.45, 7) is 11.2. The average molecular weight is 1130 g/mol. The van der Waals surface area contributed by atoms with E-state index in [-0.39, 0.29) is 76.0 Å². The van der Waals surface area contributed by atoms with Gasteiger partial charge in [-0.1, -0.05) is 84.3 Å². The van der Waals surface area contributed by atoms with E-state index in [0.717, 1.165) is 22.9 Å². The summed E-state index contributed by atoms with van der Waals surface area (Å²) in [6.07, 6.45) is 0. The molecular weight excluding hydrogens is 1040 g/mol. The molecule has 0 saturated heterocycles. The van der Waals surface area contributed by atoms with Gasteiger partial charge in [0, 0.05) is 124 Å². The number of Topliss-reactive ketones (excluding diaryl/α,β-unsaturated/α-hetero) is 8. The first-order valence-corrected chi connectivity index (χ1v) is 25.4. The van der Waals surface area contributed by atoms with Crippen LogP contribution in [0, 0.1) is 0 Å². The predicted molar refractivity (Wildman–Crippen MR) is 347 cm³/mol. The fraction of sp³-hybridized carbons (Fsp3) is 0.286. The van der Waals surface area contributed by atoms with Crippen LogP contribution in [0.25, 0.3) is 22.3 Å². The number of benzene rings is 7. The number of carbonyl (C=O) groups is 8. The van der Waals surface area contributed by atoms with Gasteiger partial charge in [-0.3, -0.25) is 38.4 Å². The van der Waals surface area contributed by atoms with Gasteiger partial charge in [-0.15, -0.1) is 0 Å². The third-order valence-electron chi connectivity index (χ3n) is 12.6. The number of hydrogen-bond donors (Lipinski definition) is 0. The van der Waals surface area contributed by atoms with Crippen LogP contribution in [0.15, 0.2) is 146 Å². The van der Waals surface area contributed by atoms with Gasteiger partial charge in [0.05, 0.1) is 0 Å². The molecule has 0 N–H and O–H groups in total. The molecule has 7 rings (SSSR count). The minimum absolute atomic E-state index is 0. The topological polar surface area (TPSA) is 159 Å². The molecule has 0 aromatic heterocycles. The Morgan fingerprint density at radius 1 is 0.277 bits per heavy atom. The maximum absolute atomic E-state index is 12.1. The Kier molecular flexibility index (Phi) is 29.9. The molecule has 13 heteroatoms. The first-order valence-electron chi connectivity index (χ1n) is 25.4. The number of carbonyl (C=O) groups excluding carboxylic acids is 8. The second-order valence-corrected chi connectivity index (χ2v) is 19.6. The molecular formula is C70H88N4O9. The summed E-state index contributed by atoms with van der Waals surface area (Å²) < 4.78 is 5.81. The van der Waals surface area contributed by atoms with Gasteiger partial charge in [-0.2, -0.15) is 0 Å². The van der Waals surface area contributed by atoms with Crippen molar-refractivity contribution in [3.8, 4) is 33.8 Å². The third kappa shape index (κ3) is 20.4. The van der Waals surface area contributed by atoms with E-state index in [0.29, 0.717) is 66.8 Å². The Balaban J connectivity index is 0.00000109. The van der Waals surface area contributed by atoms with Gasteiger partial charge in [0.2, 0.25) is 0 Å². The summed E-state index contributed by atoms with van der Waals surface area (Å²) in [7, 11) is 16.3. The molecule has 7 aromatic rings. The van der Waals surface area contributed by atoms with Crippen molar-refractivity contribution < 1.29 is 43.1 Å². The summed E-state index contributed by atoms with van der Waals surface area (Å²) in [4.78, 5) is 103. The van der Waals surface area contributed by atoms with Crippen molar-refractivity contribution in [2.24, 2.45) is 0 Å². The smallest absolute Gasteiger partial charge is 0.161 e. The van der Waals surface area contributed by atoms with Crippen LogP contribution in [0.4, 0.5) is 22.7 Å². The van der Waals surface area contributed by atoms with Crippen LogP contribution in [-0.4, -0.2) is 103 Å². The van der Waals surface area contributed by atoms with Crippen LogP contribution >= 0.6 is 0 Å². The molecule has 0 aliphatic rings. The minimum atomic E-state index is -0.228. The average Bonchev–Trinajstić information content (AvgIpc) is 3.62. The number of nitrogens with zero attached hydrogens (tertiary/aromatic N) is 4. The molecule has 0 atom stereocenters. The molecule has 442 valence electrons. The molecule has 0 spiro atoms. The van der Waals surface area contributed by atoms with Gasteiger partial charge in [-0.05, 0) is 169 Å². The van der Waals surface area contributed by atoms with Crippen LogP contribution < -0.4 is 24.3 Å². The SMILES string of the molecule is C.C.C.C.CC(=O)c1ccc(-c2ccc(C(C)=O)c(C(C)=O)c2)cc1C(C)=O.CC(=O)c1ccc(-c2cccc(C(C)=O)c2C(C)=O)cc1C(C)=O.CN(C)c1ccc(N(C)C)cc1.CN(C)c1ccc(Oc2ccc(N(C)C)cc2)cc1. The van der Waals surface area contributed by atoms with Gasteiger partial charge in [-0.25, -0.2) is 0 Å². The Labute approximate surface area is 494 Å². The summed E-state index contributed by atoms with van der Waals surface area (Å²) in [6, 6.07) is 44.5. The van der Waals surface area contributed by atoms with Crippen LogP contribution in [0.1, 0.15) is 168 Å². The molecule has 0 amide bonds. The lowest BCUT2D eigenvalue weighted by Crippen LogP contribution is -2.10. The standard InChI is InChI=1S/2C20H18O4.C16H20N2O.C10H16N2.4CH4/c1-11(21)17-7-5-15(9-19(17)13(3)23)16-6-8-18(12(2)22)20(10-16)14(4)24;1-11(21)16-9-8-15(10-19(16)13(3)23)18-7-5-6-17(12(2)22)20(18)14(4)24;1-17(2)13-5-9-15(10-6-13)19-16-11-7-14(8-12-16)18(3)4;1-11(2)9-5-7-10(8-6-9)12(3)4;;;;/h2*5-10H,1-4H3;5-12H,1-4H3;5-8H,1-4H3;4*1H4. The normalized spacial score (nSPS) is 9.69. The first kappa shape index (κ1) is 73.9. The van der Waals surface area contributed by atoms with E-state index < -0.39 is 0 Å². The summed E-state index contributed by atoms with van der Waals surface area (Å²) >= 11 is 0. The number of ether oxygens (including phenoxy) is 1. The summed E-state index contributed by atoms with van der Waals surface area (Å²) in [5.74, 6) is 0.0937. The van der Waals surface area contributed by atoms with Crippen molar-refractivity contribution in [3.05, 3.63) is 190 Å². The lowest BCUT2D eigenvalue weighted by Gasteiger charge is -2.16. The third-order valence-corrected chi connectivity index (χ3v) is 12.6. The highest BCUT2D eigenvalue weighted by Gasteiger charge is 2.20. The Bertz CT molecular complexity index is 3210. The van der Waals surface area contributed by atoms with Crippen molar-refractivity contribution in [3.63, 3.8) is 0 Å². The predicted octanol–water partition coefficient (Wildman–Crippen LogP) is 16.3. The molecule has 0 heterocycles. The second-order valence-electron chi connectivity index (χ2n) is 19.6. The largest absolute Gasteiger partial charge is 0.457 e. The maximum atomic E-state index is 12.1. The molecule has 7 aromatic carbocycles. The second kappa shape index (κ2) is 33.6. The lowest BCUT2D eigenvalue weighted by atomic mass is 9.89. The molecule has 0 aliphatic heterocycles. The highest BCUT2D eigenvalue weighted by molar-refractivity contribution is 6.13. The lowest BCUT2D eigenvalue weighted by molar-refractivity contribution is 0.0980. The number of rotatable bonds is 16. The van der Waals surface area contributed by atoms with E-state index in [1.54, 1.807) is 72.8 Å². The van der Waals surface area contributed by atoms with E-state index in [9.17, 15) is 38.4 Å². The zero-order valence-electron chi connectivity index (χ0n) is 48.3. The van der Waals surface area contributed by atoms with Crippen molar-refractivity contribution in [2.75, 3.05) is 76.0 Å². The number of anilines is 4. The Hall–Kier alpha value is -9.10. The fourth-order valence-electron chi connectivity index (χ4n) is 8.23. The quantitative estimate of drug-likeness (QED) is 0.0842. The van der Waals surface area contributed by atoms with Crippen molar-refractivity contribution in [2.45, 2.75) is 85.1 Å². The number of hydrogen-bond acceptors (Lipinski definition) is 13. The van der Waals surface area contributed by atoms with Gasteiger partial charge in [0.25, 0.3) is 0 Å². The first-order chi connectivity index (χ1) is 37.1. The molecule has 0 radical (unpaired) electrons. The summed E-state index contributed by atoms with van der Waals surface area (Å²) in [5.41, 5.74) is 10.2. The van der Waals surface area contributed by atoms with Crippen LogP contribution in [0.2, 0.25) is 0 Å². The minimum Gasteiger partial charge on any atom is -0.457 e. The van der Waals surface area contributed by atoms with Crippen molar-refractivity contribution in [1.29, 1.82) is 0 Å². The Morgan fingerprint density at radius 2 is 0.530 bits per heavy atom. The highest BCUT2D eigenvalue weighted by Crippen LogP contribution is 2.31. The molecule has 83 heavy (non-hydrogen) atoms. The molecule has 0 saturated carbocycles. The Morgan fingerprint density at radius 3 is 0.783 bits per heavy atom. The maximum Gasteiger partial charge on any atom is 0.161 e. The van der Waals surface area contributed by atoms with Gasteiger partial charge in [0.1, 0.15) is 11.5 Å². The molecule has 0 unspecified atom stereocenters. The molecule has 13 nitrogen and oxygen atoms in total. The van der Waals surface area contributed by atoms with E-state index in [4.69, 9.17) is 4.74 Å². The zero-order chi connectivity index (χ0) is 59.0. The van der Waals surface area contributed by atoms with Crippen LogP contribution in [0.3, 0.4) is 0 Å². The molecule has 0 aliphatic carbocycles. The highest BCUT2D eigenvalue weighted by atomic mass is 16.5. The van der Waals surface area contributed by atoms with E-state index in [2.05, 4.69) is 43.9 Å². The number of ketones is 8. The zero-order valence-corrected chi connectivity index (χ0v) is 48.3.